The molecule has 3 nitrogen and oxygen atoms in total. The van der Waals surface area contributed by atoms with Gasteiger partial charge in [0.1, 0.15) is 11.2 Å². The van der Waals surface area contributed by atoms with Crippen molar-refractivity contribution < 1.29 is 4.42 Å². The average Bonchev–Trinajstić information content (AvgIpc) is 3.95. The van der Waals surface area contributed by atoms with Crippen LogP contribution < -0.4 is 4.90 Å². The molecule has 13 rings (SSSR count). The number of aromatic nitrogens is 1. The predicted octanol–water partition coefficient (Wildman–Crippen LogP) is 18.0. The van der Waals surface area contributed by atoms with Gasteiger partial charge in [0, 0.05) is 44.3 Å². The van der Waals surface area contributed by atoms with Gasteiger partial charge in [0.2, 0.25) is 0 Å². The first kappa shape index (κ1) is 38.5. The third kappa shape index (κ3) is 6.84. The number of hydrogen-bond acceptors (Lipinski definition) is 2. The molecule has 3 heteroatoms. The average molecular weight is 855 g/mol. The molecule has 0 aliphatic carbocycles. The molecule has 0 atom stereocenters. The normalized spacial score (nSPS) is 11.6. The minimum atomic E-state index is 0.898. The molecule has 0 spiro atoms. The van der Waals surface area contributed by atoms with E-state index in [1.165, 1.54) is 60.4 Å². The van der Waals surface area contributed by atoms with Crippen LogP contribution in [0, 0.1) is 0 Å². The smallest absolute Gasteiger partial charge is 0.136 e. The largest absolute Gasteiger partial charge is 0.456 e. The van der Waals surface area contributed by atoms with E-state index < -0.39 is 0 Å². The monoisotopic (exact) mass is 854 g/mol. The molecule has 314 valence electrons. The lowest BCUT2D eigenvalue weighted by atomic mass is 9.98. The van der Waals surface area contributed by atoms with E-state index in [1.807, 2.05) is 12.1 Å². The molecule has 0 radical (unpaired) electrons. The molecule has 2 heterocycles. The van der Waals surface area contributed by atoms with E-state index in [4.69, 9.17) is 4.42 Å². The zero-order valence-electron chi connectivity index (χ0n) is 36.6. The highest BCUT2D eigenvalue weighted by Crippen LogP contribution is 2.40. The number of anilines is 3. The Bertz CT molecular complexity index is 3900. The molecule has 13 aromatic rings. The molecule has 0 unspecified atom stereocenters. The lowest BCUT2D eigenvalue weighted by Crippen LogP contribution is -2.09. The van der Waals surface area contributed by atoms with Crippen LogP contribution in [0.15, 0.2) is 259 Å². The molecule has 11 aromatic carbocycles. The highest BCUT2D eigenvalue weighted by Gasteiger charge is 2.16. The quantitative estimate of drug-likeness (QED) is 0.152. The Morgan fingerprint density at radius 2 is 0.701 bits per heavy atom. The maximum absolute atomic E-state index is 6.26. The summed E-state index contributed by atoms with van der Waals surface area (Å²) in [5.41, 5.74) is 18.0. The fourth-order valence-electron chi connectivity index (χ4n) is 10.0. The standard InChI is InChI=1S/C64H42N2O/c1-2-11-48-41-51(21-20-43(48)10-1)46-24-33-54(34-25-46)65(55-35-26-47(27-36-55)52-30-39-60-59-16-5-8-19-63(59)67-64(60)42-52)53-31-22-44(23-32-53)49-12-9-13-50(40-49)45-28-37-56(38-29-45)66-61-17-6-3-14-57(61)58-15-4-7-18-62(58)66/h1-42H. The second kappa shape index (κ2) is 16.0. The number of hydrogen-bond donors (Lipinski definition) is 0. The van der Waals surface area contributed by atoms with E-state index in [-0.39, 0.29) is 0 Å². The molecule has 0 aliphatic rings. The summed E-state index contributed by atoms with van der Waals surface area (Å²) in [7, 11) is 0. The number of nitrogens with zero attached hydrogens (tertiary/aromatic N) is 2. The molecule has 67 heavy (non-hydrogen) atoms. The van der Waals surface area contributed by atoms with E-state index in [0.717, 1.165) is 61.4 Å². The van der Waals surface area contributed by atoms with Crippen LogP contribution in [0.3, 0.4) is 0 Å². The van der Waals surface area contributed by atoms with Gasteiger partial charge in [-0.3, -0.25) is 0 Å². The second-order valence-electron chi connectivity index (χ2n) is 17.3. The minimum absolute atomic E-state index is 0.898. The van der Waals surface area contributed by atoms with Crippen LogP contribution in [0.1, 0.15) is 0 Å². The zero-order chi connectivity index (χ0) is 44.3. The fraction of sp³-hybridized carbons (Fsp3) is 0. The van der Waals surface area contributed by atoms with Crippen molar-refractivity contribution in [1.29, 1.82) is 0 Å². The van der Waals surface area contributed by atoms with Crippen molar-refractivity contribution in [1.82, 2.24) is 4.57 Å². The van der Waals surface area contributed by atoms with Crippen molar-refractivity contribution in [2.75, 3.05) is 4.90 Å². The van der Waals surface area contributed by atoms with Crippen LogP contribution in [0.25, 0.3) is 105 Å². The predicted molar refractivity (Wildman–Crippen MR) is 282 cm³/mol. The fourth-order valence-corrected chi connectivity index (χ4v) is 10.0. The van der Waals surface area contributed by atoms with Crippen molar-refractivity contribution in [3.8, 4) is 50.2 Å². The highest BCUT2D eigenvalue weighted by atomic mass is 16.3. The van der Waals surface area contributed by atoms with E-state index in [1.54, 1.807) is 0 Å². The Morgan fingerprint density at radius 3 is 1.30 bits per heavy atom. The summed E-state index contributed by atoms with van der Waals surface area (Å²) in [5, 5.41) is 7.30. The molecule has 0 saturated carbocycles. The summed E-state index contributed by atoms with van der Waals surface area (Å²) in [6, 6.07) is 91.9. The molecule has 0 amide bonds. The number of furan rings is 1. The molecule has 0 fully saturated rings. The van der Waals surface area contributed by atoms with Crippen molar-refractivity contribution in [3.63, 3.8) is 0 Å². The highest BCUT2D eigenvalue weighted by molar-refractivity contribution is 6.09. The Labute approximate surface area is 388 Å². The maximum Gasteiger partial charge on any atom is 0.136 e. The van der Waals surface area contributed by atoms with Crippen LogP contribution in [-0.4, -0.2) is 4.57 Å². The second-order valence-corrected chi connectivity index (χ2v) is 17.3. The van der Waals surface area contributed by atoms with Gasteiger partial charge in [-0.05, 0) is 146 Å². The number of fused-ring (bicyclic) bond motifs is 7. The van der Waals surface area contributed by atoms with Gasteiger partial charge >= 0.3 is 0 Å². The maximum atomic E-state index is 6.26. The van der Waals surface area contributed by atoms with Gasteiger partial charge in [-0.2, -0.15) is 0 Å². The third-order valence-electron chi connectivity index (χ3n) is 13.4. The third-order valence-corrected chi connectivity index (χ3v) is 13.4. The Balaban J connectivity index is 0.823. The Hall–Kier alpha value is -8.92. The first-order valence-corrected chi connectivity index (χ1v) is 22.9. The summed E-state index contributed by atoms with van der Waals surface area (Å²) in [6.45, 7) is 0. The first-order chi connectivity index (χ1) is 33.2. The summed E-state index contributed by atoms with van der Waals surface area (Å²) in [5.74, 6) is 0. The van der Waals surface area contributed by atoms with Crippen LogP contribution >= 0.6 is 0 Å². The van der Waals surface area contributed by atoms with Gasteiger partial charge in [-0.1, -0.05) is 164 Å². The molecule has 0 aliphatic heterocycles. The summed E-state index contributed by atoms with van der Waals surface area (Å²) in [4.78, 5) is 2.34. The topological polar surface area (TPSA) is 21.3 Å². The first-order valence-electron chi connectivity index (χ1n) is 22.9. The van der Waals surface area contributed by atoms with Crippen molar-refractivity contribution in [3.05, 3.63) is 255 Å². The Morgan fingerprint density at radius 1 is 0.269 bits per heavy atom. The SMILES string of the molecule is c1cc(-c2ccc(N(c3ccc(-c4ccc5ccccc5c4)cc3)c3ccc(-c4ccc5c(c4)oc4ccccc45)cc3)cc2)cc(-c2ccc(-n3c4ccccc4c4ccccc43)cc2)c1. The lowest BCUT2D eigenvalue weighted by molar-refractivity contribution is 0.669. The summed E-state index contributed by atoms with van der Waals surface area (Å²) in [6.07, 6.45) is 0. The summed E-state index contributed by atoms with van der Waals surface area (Å²) >= 11 is 0. The van der Waals surface area contributed by atoms with Gasteiger partial charge in [-0.25, -0.2) is 0 Å². The lowest BCUT2D eigenvalue weighted by Gasteiger charge is -2.26. The van der Waals surface area contributed by atoms with E-state index >= 15 is 0 Å². The van der Waals surface area contributed by atoms with E-state index in [9.17, 15) is 0 Å². The molecular formula is C64H42N2O. The molecule has 0 bridgehead atoms. The van der Waals surface area contributed by atoms with Crippen LogP contribution in [0.4, 0.5) is 17.1 Å². The van der Waals surface area contributed by atoms with E-state index in [2.05, 4.69) is 252 Å². The van der Waals surface area contributed by atoms with Gasteiger partial charge < -0.3 is 13.9 Å². The molecule has 2 aromatic heterocycles. The summed E-state index contributed by atoms with van der Waals surface area (Å²) < 4.78 is 8.62. The number of para-hydroxylation sites is 3. The van der Waals surface area contributed by atoms with Crippen molar-refractivity contribution >= 4 is 71.6 Å². The van der Waals surface area contributed by atoms with Crippen molar-refractivity contribution in [2.45, 2.75) is 0 Å². The molecule has 0 saturated heterocycles. The van der Waals surface area contributed by atoms with Gasteiger partial charge in [0.15, 0.2) is 0 Å². The number of rotatable bonds is 8. The molecule has 0 N–H and O–H groups in total. The van der Waals surface area contributed by atoms with Crippen LogP contribution in [0.5, 0.6) is 0 Å². The number of benzene rings is 11. The van der Waals surface area contributed by atoms with Crippen LogP contribution in [0.2, 0.25) is 0 Å². The Kier molecular flexibility index (Phi) is 9.17. The van der Waals surface area contributed by atoms with Crippen molar-refractivity contribution in [2.24, 2.45) is 0 Å². The molecular weight excluding hydrogens is 813 g/mol. The van der Waals surface area contributed by atoms with Crippen LogP contribution in [-0.2, 0) is 0 Å². The van der Waals surface area contributed by atoms with Gasteiger partial charge in [0.25, 0.3) is 0 Å². The van der Waals surface area contributed by atoms with E-state index in [0.29, 0.717) is 0 Å². The zero-order valence-corrected chi connectivity index (χ0v) is 36.6. The van der Waals surface area contributed by atoms with Gasteiger partial charge in [-0.15, -0.1) is 0 Å². The minimum Gasteiger partial charge on any atom is -0.456 e. The van der Waals surface area contributed by atoms with Gasteiger partial charge in [0.05, 0.1) is 11.0 Å².